The van der Waals surface area contributed by atoms with Crippen molar-refractivity contribution in [2.45, 2.75) is 6.10 Å². The van der Waals surface area contributed by atoms with Crippen LogP contribution in [0.2, 0.25) is 0 Å². The van der Waals surface area contributed by atoms with Gasteiger partial charge in [0.25, 0.3) is 5.91 Å². The monoisotopic (exact) mass is 324 g/mol. The fourth-order valence-electron chi connectivity index (χ4n) is 2.86. The van der Waals surface area contributed by atoms with Crippen LogP contribution in [0.1, 0.15) is 21.3 Å². The molecule has 0 bridgehead atoms. The minimum absolute atomic E-state index is 0.0786. The average Bonchev–Trinajstić information content (AvgIpc) is 3.06. The van der Waals surface area contributed by atoms with Crippen LogP contribution in [0, 0.1) is 0 Å². The highest BCUT2D eigenvalue weighted by Crippen LogP contribution is 2.28. The number of thiophene rings is 1. The highest BCUT2D eigenvalue weighted by molar-refractivity contribution is 7.20. The zero-order chi connectivity index (χ0) is 15.6. The van der Waals surface area contributed by atoms with E-state index in [9.17, 15) is 4.79 Å². The van der Waals surface area contributed by atoms with Crippen LogP contribution >= 0.6 is 11.3 Å². The first-order valence-electron chi connectivity index (χ1n) is 7.60. The first-order valence-corrected chi connectivity index (χ1v) is 8.42. The van der Waals surface area contributed by atoms with Crippen LogP contribution in [-0.4, -0.2) is 35.5 Å². The first kappa shape index (κ1) is 14.4. The first-order chi connectivity index (χ1) is 11.3. The molecule has 1 atom stereocenters. The van der Waals surface area contributed by atoms with Crippen LogP contribution in [0.4, 0.5) is 0 Å². The van der Waals surface area contributed by atoms with Crippen LogP contribution in [0.25, 0.3) is 10.1 Å². The molecule has 1 saturated heterocycles. The molecule has 23 heavy (non-hydrogen) atoms. The van der Waals surface area contributed by atoms with Crippen molar-refractivity contribution in [2.75, 3.05) is 19.7 Å². The molecule has 0 radical (unpaired) electrons. The van der Waals surface area contributed by atoms with Gasteiger partial charge in [-0.3, -0.25) is 9.78 Å². The summed E-state index contributed by atoms with van der Waals surface area (Å²) in [5.74, 6) is 0.0913. The largest absolute Gasteiger partial charge is 0.370 e. The van der Waals surface area contributed by atoms with Crippen molar-refractivity contribution < 1.29 is 9.53 Å². The molecule has 1 unspecified atom stereocenters. The molecule has 0 spiro atoms. The predicted molar refractivity (Wildman–Crippen MR) is 90.7 cm³/mol. The number of carbonyl (C=O) groups is 1. The summed E-state index contributed by atoms with van der Waals surface area (Å²) in [6.45, 7) is 1.77. The zero-order valence-corrected chi connectivity index (χ0v) is 13.3. The Morgan fingerprint density at radius 2 is 2.04 bits per heavy atom. The maximum Gasteiger partial charge on any atom is 0.264 e. The van der Waals surface area contributed by atoms with Crippen molar-refractivity contribution in [3.63, 3.8) is 0 Å². The summed E-state index contributed by atoms with van der Waals surface area (Å²) < 4.78 is 6.97. The molecule has 0 aliphatic carbocycles. The number of hydrogen-bond donors (Lipinski definition) is 0. The average molecular weight is 324 g/mol. The van der Waals surface area contributed by atoms with Gasteiger partial charge in [-0.1, -0.05) is 18.2 Å². The van der Waals surface area contributed by atoms with E-state index in [0.29, 0.717) is 19.7 Å². The van der Waals surface area contributed by atoms with Gasteiger partial charge in [-0.15, -0.1) is 11.3 Å². The second-order valence-corrected chi connectivity index (χ2v) is 6.62. The van der Waals surface area contributed by atoms with E-state index in [1.54, 1.807) is 23.7 Å². The fraction of sp³-hybridized carbons (Fsp3) is 0.222. The number of morpholine rings is 1. The lowest BCUT2D eigenvalue weighted by atomic mass is 10.1. The normalized spacial score (nSPS) is 18.3. The smallest absolute Gasteiger partial charge is 0.264 e. The summed E-state index contributed by atoms with van der Waals surface area (Å²) in [7, 11) is 0. The molecule has 116 valence electrons. The third kappa shape index (κ3) is 2.85. The van der Waals surface area contributed by atoms with E-state index < -0.39 is 0 Å². The lowest BCUT2D eigenvalue weighted by Gasteiger charge is -2.32. The quantitative estimate of drug-likeness (QED) is 0.724. The van der Waals surface area contributed by atoms with E-state index in [2.05, 4.69) is 11.1 Å². The molecule has 0 saturated carbocycles. The highest BCUT2D eigenvalue weighted by atomic mass is 32.1. The third-order valence-electron chi connectivity index (χ3n) is 4.07. The molecular weight excluding hydrogens is 308 g/mol. The van der Waals surface area contributed by atoms with Crippen molar-refractivity contribution >= 4 is 27.3 Å². The molecule has 1 aliphatic rings. The molecule has 1 aliphatic heterocycles. The van der Waals surface area contributed by atoms with Gasteiger partial charge < -0.3 is 9.64 Å². The Balaban J connectivity index is 1.56. The SMILES string of the molecule is O=C(c1cc2ccccc2s1)N1CCOC(c2ccncc2)C1. The van der Waals surface area contributed by atoms with Gasteiger partial charge in [-0.25, -0.2) is 0 Å². The van der Waals surface area contributed by atoms with E-state index in [1.165, 1.54) is 0 Å². The Bertz CT molecular complexity index is 798. The van der Waals surface area contributed by atoms with Crippen LogP contribution in [0.3, 0.4) is 0 Å². The summed E-state index contributed by atoms with van der Waals surface area (Å²) >= 11 is 1.55. The van der Waals surface area contributed by atoms with Gasteiger partial charge >= 0.3 is 0 Å². The number of carbonyl (C=O) groups excluding carboxylic acids is 1. The van der Waals surface area contributed by atoms with Crippen LogP contribution in [-0.2, 0) is 4.74 Å². The van der Waals surface area contributed by atoms with Gasteiger partial charge in [0, 0.05) is 23.6 Å². The zero-order valence-electron chi connectivity index (χ0n) is 12.5. The van der Waals surface area contributed by atoms with Gasteiger partial charge in [0.1, 0.15) is 6.10 Å². The molecule has 5 heteroatoms. The Labute approximate surface area is 138 Å². The minimum atomic E-state index is -0.0786. The summed E-state index contributed by atoms with van der Waals surface area (Å²) in [6.07, 6.45) is 3.43. The summed E-state index contributed by atoms with van der Waals surface area (Å²) in [5, 5.41) is 1.12. The number of ether oxygens (including phenoxy) is 1. The number of benzene rings is 1. The molecule has 4 nitrogen and oxygen atoms in total. The topological polar surface area (TPSA) is 42.4 Å². The molecule has 1 amide bonds. The summed E-state index contributed by atoms with van der Waals surface area (Å²) in [4.78, 5) is 19.5. The number of nitrogens with zero attached hydrogens (tertiary/aromatic N) is 2. The second-order valence-electron chi connectivity index (χ2n) is 5.54. The second kappa shape index (κ2) is 6.10. The number of rotatable bonds is 2. The lowest BCUT2D eigenvalue weighted by molar-refractivity contribution is -0.0226. The van der Waals surface area contributed by atoms with Crippen LogP contribution in [0.15, 0.2) is 54.9 Å². The molecule has 3 heterocycles. The fourth-order valence-corrected chi connectivity index (χ4v) is 3.89. The van der Waals surface area contributed by atoms with Gasteiger partial charge in [0.15, 0.2) is 0 Å². The van der Waals surface area contributed by atoms with Crippen LogP contribution in [0.5, 0.6) is 0 Å². The van der Waals surface area contributed by atoms with Crippen molar-refractivity contribution in [2.24, 2.45) is 0 Å². The van der Waals surface area contributed by atoms with E-state index in [1.807, 2.05) is 41.3 Å². The van der Waals surface area contributed by atoms with Gasteiger partial charge in [0.2, 0.25) is 0 Å². The Kier molecular flexibility index (Phi) is 3.81. The molecule has 2 aromatic heterocycles. The molecule has 3 aromatic rings. The maximum absolute atomic E-state index is 12.8. The Morgan fingerprint density at radius 1 is 1.22 bits per heavy atom. The van der Waals surface area contributed by atoms with Gasteiger partial charge in [0.05, 0.1) is 18.0 Å². The Hall–Kier alpha value is -2.24. The Morgan fingerprint density at radius 3 is 2.87 bits per heavy atom. The third-order valence-corrected chi connectivity index (χ3v) is 5.17. The predicted octanol–water partition coefficient (Wildman–Crippen LogP) is 3.51. The lowest BCUT2D eigenvalue weighted by Crippen LogP contribution is -2.42. The van der Waals surface area contributed by atoms with Gasteiger partial charge in [-0.05, 0) is 35.2 Å². The van der Waals surface area contributed by atoms with E-state index >= 15 is 0 Å². The number of pyridine rings is 1. The number of aromatic nitrogens is 1. The summed E-state index contributed by atoms with van der Waals surface area (Å²) in [6, 6.07) is 14.0. The van der Waals surface area contributed by atoms with Crippen molar-refractivity contribution in [3.05, 3.63) is 65.3 Å². The molecular formula is C18H16N2O2S. The maximum atomic E-state index is 12.8. The van der Waals surface area contributed by atoms with Crippen molar-refractivity contribution in [1.82, 2.24) is 9.88 Å². The molecule has 0 N–H and O–H groups in total. The van der Waals surface area contributed by atoms with Crippen LogP contribution < -0.4 is 0 Å². The van der Waals surface area contributed by atoms with Gasteiger partial charge in [-0.2, -0.15) is 0 Å². The van der Waals surface area contributed by atoms with E-state index in [4.69, 9.17) is 4.74 Å². The molecule has 1 fully saturated rings. The number of hydrogen-bond acceptors (Lipinski definition) is 4. The van der Waals surface area contributed by atoms with E-state index in [-0.39, 0.29) is 12.0 Å². The van der Waals surface area contributed by atoms with Crippen molar-refractivity contribution in [1.29, 1.82) is 0 Å². The number of fused-ring (bicyclic) bond motifs is 1. The highest BCUT2D eigenvalue weighted by Gasteiger charge is 2.27. The standard InChI is InChI=1S/C18H16N2O2S/c21-18(17-11-14-3-1-2-4-16(14)23-17)20-9-10-22-15(12-20)13-5-7-19-8-6-13/h1-8,11,15H,9-10,12H2. The van der Waals surface area contributed by atoms with E-state index in [0.717, 1.165) is 20.5 Å². The minimum Gasteiger partial charge on any atom is -0.370 e. The van der Waals surface area contributed by atoms with Crippen molar-refractivity contribution in [3.8, 4) is 0 Å². The molecule has 1 aromatic carbocycles. The summed E-state index contributed by atoms with van der Waals surface area (Å²) in [5.41, 5.74) is 1.06. The molecule has 4 rings (SSSR count). The number of amides is 1.